The summed E-state index contributed by atoms with van der Waals surface area (Å²) >= 11 is 0. The van der Waals surface area contributed by atoms with E-state index in [1.165, 1.54) is 0 Å². The Kier molecular flexibility index (Phi) is 5.19. The van der Waals surface area contributed by atoms with Crippen LogP contribution in [0.25, 0.3) is 11.1 Å². The molecule has 0 saturated carbocycles. The highest BCUT2D eigenvalue weighted by atomic mass is 19.3. The molecule has 0 radical (unpaired) electrons. The molecule has 0 aromatic heterocycles. The van der Waals surface area contributed by atoms with E-state index in [0.29, 0.717) is 0 Å². The first-order valence-electron chi connectivity index (χ1n) is 9.23. The first-order chi connectivity index (χ1) is 14.0. The highest BCUT2D eigenvalue weighted by molar-refractivity contribution is 5.81. The van der Waals surface area contributed by atoms with Crippen molar-refractivity contribution >= 4 is 12.1 Å². The fraction of sp³-hybridized carbons (Fsp3) is 0.333. The Morgan fingerprint density at radius 2 is 1.66 bits per heavy atom. The maximum atomic E-state index is 12.6. The van der Waals surface area contributed by atoms with Crippen LogP contribution in [0.2, 0.25) is 0 Å². The lowest BCUT2D eigenvalue weighted by molar-refractivity contribution is -0.159. The predicted octanol–water partition coefficient (Wildman–Crippen LogP) is 3.70. The Balaban J connectivity index is 1.49. The number of carbonyl (C=O) groups excluding carboxylic acids is 1. The normalized spacial score (nSPS) is 20.6. The standard InChI is InChI=1S/C21H19F2NO5/c22-20(23)29-12-9-18(19(25)26)24(10-12)21(27)28-11-17-15-7-3-1-5-13(15)14-6-2-4-8-16(14)17/h1-8,12,17-18,20H,9-11H2,(H,25,26)/t12-,18-/m1/s1. The number of rotatable bonds is 5. The van der Waals surface area contributed by atoms with Crippen molar-refractivity contribution in [2.75, 3.05) is 13.2 Å². The largest absolute Gasteiger partial charge is 0.480 e. The Labute approximate surface area is 165 Å². The van der Waals surface area contributed by atoms with Crippen LogP contribution in [-0.4, -0.2) is 54.0 Å². The third-order valence-electron chi connectivity index (χ3n) is 5.41. The zero-order valence-corrected chi connectivity index (χ0v) is 15.3. The summed E-state index contributed by atoms with van der Waals surface area (Å²) in [5.74, 6) is -1.45. The third kappa shape index (κ3) is 3.67. The molecule has 2 aromatic rings. The van der Waals surface area contributed by atoms with Gasteiger partial charge in [-0.25, -0.2) is 9.59 Å². The van der Waals surface area contributed by atoms with Crippen molar-refractivity contribution in [1.82, 2.24) is 4.90 Å². The molecule has 1 aliphatic heterocycles. The van der Waals surface area contributed by atoms with Crippen LogP contribution in [0, 0.1) is 0 Å². The van der Waals surface area contributed by atoms with Gasteiger partial charge in [0.05, 0.1) is 12.6 Å². The van der Waals surface area contributed by atoms with Crippen LogP contribution < -0.4 is 0 Å². The number of ether oxygens (including phenoxy) is 2. The van der Waals surface area contributed by atoms with Gasteiger partial charge in [-0.05, 0) is 22.3 Å². The lowest BCUT2D eigenvalue weighted by Gasteiger charge is -2.22. The van der Waals surface area contributed by atoms with Crippen LogP contribution >= 0.6 is 0 Å². The van der Waals surface area contributed by atoms with Gasteiger partial charge >= 0.3 is 18.7 Å². The molecule has 0 unspecified atom stereocenters. The van der Waals surface area contributed by atoms with Crippen molar-refractivity contribution in [2.24, 2.45) is 0 Å². The summed E-state index contributed by atoms with van der Waals surface area (Å²) in [4.78, 5) is 25.0. The summed E-state index contributed by atoms with van der Waals surface area (Å²) in [7, 11) is 0. The first kappa shape index (κ1) is 19.3. The van der Waals surface area contributed by atoms with E-state index in [0.717, 1.165) is 27.2 Å². The van der Waals surface area contributed by atoms with E-state index in [9.17, 15) is 23.5 Å². The highest BCUT2D eigenvalue weighted by Crippen LogP contribution is 2.44. The number of carbonyl (C=O) groups is 2. The molecular weight excluding hydrogens is 384 g/mol. The quantitative estimate of drug-likeness (QED) is 0.824. The Hall–Kier alpha value is -3.00. The summed E-state index contributed by atoms with van der Waals surface area (Å²) < 4.78 is 34.8. The molecule has 0 spiro atoms. The van der Waals surface area contributed by atoms with Crippen LogP contribution in [0.1, 0.15) is 23.5 Å². The molecule has 2 aromatic carbocycles. The zero-order chi connectivity index (χ0) is 20.5. The van der Waals surface area contributed by atoms with E-state index >= 15 is 0 Å². The van der Waals surface area contributed by atoms with Crippen LogP contribution in [0.3, 0.4) is 0 Å². The first-order valence-corrected chi connectivity index (χ1v) is 9.23. The lowest BCUT2D eigenvalue weighted by Crippen LogP contribution is -2.41. The van der Waals surface area contributed by atoms with Crippen LogP contribution in [0.5, 0.6) is 0 Å². The maximum absolute atomic E-state index is 12.6. The minimum atomic E-state index is -3.03. The maximum Gasteiger partial charge on any atom is 0.410 e. The number of alkyl halides is 2. The van der Waals surface area contributed by atoms with Crippen molar-refractivity contribution in [3.8, 4) is 11.1 Å². The minimum absolute atomic E-state index is 0.0239. The number of benzene rings is 2. The molecule has 6 nitrogen and oxygen atoms in total. The predicted molar refractivity (Wildman–Crippen MR) is 98.7 cm³/mol. The van der Waals surface area contributed by atoms with Gasteiger partial charge in [-0.15, -0.1) is 0 Å². The van der Waals surface area contributed by atoms with Crippen molar-refractivity contribution < 1.29 is 33.0 Å². The van der Waals surface area contributed by atoms with Crippen LogP contribution in [0.15, 0.2) is 48.5 Å². The van der Waals surface area contributed by atoms with Crippen LogP contribution in [0.4, 0.5) is 13.6 Å². The molecule has 2 atom stereocenters. The third-order valence-corrected chi connectivity index (χ3v) is 5.41. The number of nitrogens with zero attached hydrogens (tertiary/aromatic N) is 1. The summed E-state index contributed by atoms with van der Waals surface area (Å²) in [5, 5.41) is 9.33. The lowest BCUT2D eigenvalue weighted by atomic mass is 9.98. The molecule has 2 aliphatic rings. The second-order valence-electron chi connectivity index (χ2n) is 7.06. The number of amides is 1. The number of likely N-dealkylation sites (tertiary alicyclic amines) is 1. The molecule has 1 fully saturated rings. The second kappa shape index (κ2) is 7.79. The average Bonchev–Trinajstić information content (AvgIpc) is 3.25. The van der Waals surface area contributed by atoms with Gasteiger partial charge in [0, 0.05) is 12.3 Å². The zero-order valence-electron chi connectivity index (χ0n) is 15.3. The van der Waals surface area contributed by atoms with E-state index in [1.807, 2.05) is 48.5 Å². The van der Waals surface area contributed by atoms with E-state index in [4.69, 9.17) is 4.74 Å². The van der Waals surface area contributed by atoms with Crippen molar-refractivity contribution in [1.29, 1.82) is 0 Å². The Morgan fingerprint density at radius 1 is 1.07 bits per heavy atom. The number of aliphatic carboxylic acids is 1. The molecule has 1 saturated heterocycles. The van der Waals surface area contributed by atoms with Crippen LogP contribution in [-0.2, 0) is 14.3 Å². The van der Waals surface area contributed by atoms with Gasteiger partial charge in [0.1, 0.15) is 12.6 Å². The molecule has 4 rings (SSSR count). The number of hydrogen-bond acceptors (Lipinski definition) is 4. The minimum Gasteiger partial charge on any atom is -0.480 e. The molecule has 1 N–H and O–H groups in total. The fourth-order valence-electron chi connectivity index (χ4n) is 4.15. The van der Waals surface area contributed by atoms with E-state index in [1.54, 1.807) is 0 Å². The monoisotopic (exact) mass is 403 g/mol. The number of halogens is 2. The van der Waals surface area contributed by atoms with Gasteiger partial charge in [0.2, 0.25) is 0 Å². The molecule has 1 amide bonds. The number of carboxylic acid groups (broad SMARTS) is 1. The van der Waals surface area contributed by atoms with Gasteiger partial charge in [-0.2, -0.15) is 8.78 Å². The topological polar surface area (TPSA) is 76.1 Å². The van der Waals surface area contributed by atoms with Gasteiger partial charge < -0.3 is 14.6 Å². The Morgan fingerprint density at radius 3 is 2.21 bits per heavy atom. The van der Waals surface area contributed by atoms with E-state index < -0.39 is 30.8 Å². The summed E-state index contributed by atoms with van der Waals surface area (Å²) in [6, 6.07) is 14.4. The molecule has 8 heteroatoms. The number of fused-ring (bicyclic) bond motifs is 3. The summed E-state index contributed by atoms with van der Waals surface area (Å²) in [6.45, 7) is -3.26. The van der Waals surface area contributed by atoms with Crippen molar-refractivity contribution in [2.45, 2.75) is 31.1 Å². The number of carboxylic acids is 1. The molecule has 1 heterocycles. The van der Waals surface area contributed by atoms with Gasteiger partial charge in [-0.3, -0.25) is 4.90 Å². The van der Waals surface area contributed by atoms with E-state index in [-0.39, 0.29) is 25.5 Å². The molecule has 0 bridgehead atoms. The fourth-order valence-corrected chi connectivity index (χ4v) is 4.15. The average molecular weight is 403 g/mol. The van der Waals surface area contributed by atoms with E-state index in [2.05, 4.69) is 4.74 Å². The summed E-state index contributed by atoms with van der Waals surface area (Å²) in [6.07, 6.45) is -2.10. The van der Waals surface area contributed by atoms with Crippen molar-refractivity contribution in [3.63, 3.8) is 0 Å². The molecule has 29 heavy (non-hydrogen) atoms. The number of hydrogen-bond donors (Lipinski definition) is 1. The molecule has 152 valence electrons. The molecule has 1 aliphatic carbocycles. The summed E-state index contributed by atoms with van der Waals surface area (Å²) in [5.41, 5.74) is 4.19. The highest BCUT2D eigenvalue weighted by Gasteiger charge is 2.42. The van der Waals surface area contributed by atoms with Gasteiger partial charge in [0.15, 0.2) is 0 Å². The Bertz CT molecular complexity index is 889. The molecular formula is C21H19F2NO5. The smallest absolute Gasteiger partial charge is 0.410 e. The van der Waals surface area contributed by atoms with Crippen molar-refractivity contribution in [3.05, 3.63) is 59.7 Å². The SMILES string of the molecule is O=C(O)[C@H]1C[C@@H](OC(F)F)CN1C(=O)OCC1c2ccccc2-c2ccccc21. The van der Waals surface area contributed by atoms with Gasteiger partial charge in [-0.1, -0.05) is 48.5 Å². The van der Waals surface area contributed by atoms with Gasteiger partial charge in [0.25, 0.3) is 0 Å². The second-order valence-corrected chi connectivity index (χ2v) is 7.06.